The van der Waals surface area contributed by atoms with E-state index in [1.54, 1.807) is 0 Å². The van der Waals surface area contributed by atoms with Crippen molar-refractivity contribution >= 4 is 75.1 Å². The number of benzene rings is 7. The molecular weight excluding hydrogens is 639 g/mol. The lowest BCUT2D eigenvalue weighted by molar-refractivity contribution is 1.16. The van der Waals surface area contributed by atoms with Gasteiger partial charge in [0.2, 0.25) is 0 Å². The Hall–Kier alpha value is -6.49. The Balaban J connectivity index is 1.06. The van der Waals surface area contributed by atoms with Crippen molar-refractivity contribution in [3.05, 3.63) is 176 Å². The third-order valence-corrected chi connectivity index (χ3v) is 11.6. The van der Waals surface area contributed by atoms with Crippen LogP contribution < -0.4 is 0 Å². The molecule has 0 saturated heterocycles. The van der Waals surface area contributed by atoms with E-state index in [0.29, 0.717) is 0 Å². The second-order valence-electron chi connectivity index (χ2n) is 13.2. The Morgan fingerprint density at radius 3 is 1.84 bits per heavy atom. The number of thiophene rings is 1. The molecule has 0 bridgehead atoms. The van der Waals surface area contributed by atoms with E-state index in [0.717, 1.165) is 22.3 Å². The van der Waals surface area contributed by atoms with Crippen LogP contribution in [0.1, 0.15) is 0 Å². The summed E-state index contributed by atoms with van der Waals surface area (Å²) < 4.78 is 7.45. The minimum atomic E-state index is 1.14. The van der Waals surface area contributed by atoms with Crippen molar-refractivity contribution in [3.8, 4) is 33.6 Å². The smallest absolute Gasteiger partial charge is 0.0571 e. The van der Waals surface area contributed by atoms with Crippen LogP contribution in [0.15, 0.2) is 176 Å². The number of hydrogen-bond donors (Lipinski definition) is 0. The van der Waals surface area contributed by atoms with Crippen molar-refractivity contribution in [2.45, 2.75) is 0 Å². The third kappa shape index (κ3) is 4.27. The molecule has 7 aromatic carbocycles. The Morgan fingerprint density at radius 1 is 0.392 bits per heavy atom. The maximum absolute atomic E-state index is 4.45. The van der Waals surface area contributed by atoms with Crippen molar-refractivity contribution in [1.29, 1.82) is 0 Å². The van der Waals surface area contributed by atoms with Crippen LogP contribution >= 0.6 is 11.3 Å². The van der Waals surface area contributed by atoms with E-state index in [4.69, 9.17) is 0 Å². The minimum absolute atomic E-state index is 1.14. The summed E-state index contributed by atoms with van der Waals surface area (Å²) in [6.45, 7) is 0. The fourth-order valence-corrected chi connectivity index (χ4v) is 9.38. The number of pyridine rings is 1. The van der Waals surface area contributed by atoms with E-state index in [9.17, 15) is 0 Å². The van der Waals surface area contributed by atoms with Crippen molar-refractivity contribution in [2.75, 3.05) is 0 Å². The van der Waals surface area contributed by atoms with Crippen molar-refractivity contribution in [3.63, 3.8) is 0 Å². The average Bonchev–Trinajstić information content (AvgIpc) is 3.86. The molecule has 0 aliphatic rings. The monoisotopic (exact) mass is 667 g/mol. The quantitative estimate of drug-likeness (QED) is 0.183. The second kappa shape index (κ2) is 11.0. The van der Waals surface area contributed by atoms with Gasteiger partial charge in [-0.1, -0.05) is 103 Å². The summed E-state index contributed by atoms with van der Waals surface area (Å²) in [7, 11) is 0. The number of nitrogens with zero attached hydrogens (tertiary/aromatic N) is 3. The Bertz CT molecular complexity index is 3100. The SMILES string of the molecule is c1cc(-c2cccc(-n3c4ccccc4c4cc(-n5c6ccccc6c6cnccc65)ccc43)c2)cc(-c2cccc3c2sc2ccccc23)c1. The van der Waals surface area contributed by atoms with Gasteiger partial charge in [0.25, 0.3) is 0 Å². The fraction of sp³-hybridized carbons (Fsp3) is 0. The van der Waals surface area contributed by atoms with Crippen molar-refractivity contribution in [1.82, 2.24) is 14.1 Å². The predicted octanol–water partition coefficient (Wildman–Crippen LogP) is 13.0. The van der Waals surface area contributed by atoms with Crippen LogP contribution in [0.25, 0.3) is 97.4 Å². The molecule has 4 aromatic heterocycles. The topological polar surface area (TPSA) is 22.8 Å². The third-order valence-electron chi connectivity index (χ3n) is 10.4. The molecule has 0 aliphatic heterocycles. The maximum atomic E-state index is 4.45. The first-order chi connectivity index (χ1) is 25.3. The van der Waals surface area contributed by atoms with Gasteiger partial charge in [0, 0.05) is 65.5 Å². The zero-order valence-corrected chi connectivity index (χ0v) is 28.3. The van der Waals surface area contributed by atoms with Crippen molar-refractivity contribution in [2.24, 2.45) is 0 Å². The molecule has 0 spiro atoms. The van der Waals surface area contributed by atoms with Crippen LogP contribution in [0, 0.1) is 0 Å². The lowest BCUT2D eigenvalue weighted by atomic mass is 9.97. The number of aromatic nitrogens is 3. The predicted molar refractivity (Wildman–Crippen MR) is 217 cm³/mol. The molecule has 0 saturated carbocycles. The second-order valence-corrected chi connectivity index (χ2v) is 14.3. The molecule has 4 heterocycles. The molecule has 0 aliphatic carbocycles. The number of rotatable bonds is 4. The van der Waals surface area contributed by atoms with Crippen molar-refractivity contribution < 1.29 is 0 Å². The Labute approximate surface area is 297 Å². The fourth-order valence-electron chi connectivity index (χ4n) is 8.14. The minimum Gasteiger partial charge on any atom is -0.309 e. The molecule has 4 heteroatoms. The average molecular weight is 668 g/mol. The van der Waals surface area contributed by atoms with E-state index in [1.165, 1.54) is 75.1 Å². The summed E-state index contributed by atoms with van der Waals surface area (Å²) in [5.41, 5.74) is 11.9. The molecule has 11 aromatic rings. The lowest BCUT2D eigenvalue weighted by Gasteiger charge is -2.12. The molecule has 3 nitrogen and oxygen atoms in total. The van der Waals surface area contributed by atoms with Crippen LogP contribution in [0.3, 0.4) is 0 Å². The number of para-hydroxylation sites is 2. The molecule has 0 unspecified atom stereocenters. The lowest BCUT2D eigenvalue weighted by Crippen LogP contribution is -1.96. The highest BCUT2D eigenvalue weighted by molar-refractivity contribution is 7.26. The molecule has 0 fully saturated rings. The summed E-state index contributed by atoms with van der Waals surface area (Å²) >= 11 is 1.88. The zero-order chi connectivity index (χ0) is 33.5. The van der Waals surface area contributed by atoms with E-state index in [-0.39, 0.29) is 0 Å². The van der Waals surface area contributed by atoms with Gasteiger partial charge in [0.15, 0.2) is 0 Å². The van der Waals surface area contributed by atoms with Gasteiger partial charge in [-0.15, -0.1) is 11.3 Å². The summed E-state index contributed by atoms with van der Waals surface area (Å²) in [4.78, 5) is 4.45. The summed E-state index contributed by atoms with van der Waals surface area (Å²) in [6, 6.07) is 59.8. The van der Waals surface area contributed by atoms with Gasteiger partial charge in [0.05, 0.1) is 22.1 Å². The maximum Gasteiger partial charge on any atom is 0.0571 e. The Morgan fingerprint density at radius 2 is 1.00 bits per heavy atom. The standard InChI is InChI=1S/C47H29N3S/c1-4-19-42-36(14-1)40-28-34(50-43-20-5-2-15-37(43)41-29-48-25-24-45(41)50)22-23-44(40)49(42)33-13-8-11-31(27-33)30-10-7-12-32(26-30)35-17-9-18-39-38-16-3-6-21-46(38)51-47(35)39/h1-29H. The highest BCUT2D eigenvalue weighted by Gasteiger charge is 2.17. The molecule has 0 N–H and O–H groups in total. The van der Waals surface area contributed by atoms with Gasteiger partial charge in [0.1, 0.15) is 0 Å². The van der Waals surface area contributed by atoms with Crippen LogP contribution in [-0.2, 0) is 0 Å². The molecule has 0 atom stereocenters. The van der Waals surface area contributed by atoms with E-state index in [1.807, 2.05) is 23.7 Å². The highest BCUT2D eigenvalue weighted by atomic mass is 32.1. The molecule has 0 radical (unpaired) electrons. The first-order valence-corrected chi connectivity index (χ1v) is 18.1. The van der Waals surface area contributed by atoms with Gasteiger partial charge in [-0.05, 0) is 82.9 Å². The molecule has 238 valence electrons. The van der Waals surface area contributed by atoms with Gasteiger partial charge < -0.3 is 9.13 Å². The van der Waals surface area contributed by atoms with Crippen LogP contribution in [-0.4, -0.2) is 14.1 Å². The Kier molecular flexibility index (Phi) is 6.12. The highest BCUT2D eigenvalue weighted by Crippen LogP contribution is 2.41. The van der Waals surface area contributed by atoms with Crippen LogP contribution in [0.2, 0.25) is 0 Å². The number of fused-ring (bicyclic) bond motifs is 9. The molecule has 0 amide bonds. The van der Waals surface area contributed by atoms with Gasteiger partial charge in [-0.2, -0.15) is 0 Å². The first-order valence-electron chi connectivity index (χ1n) is 17.3. The van der Waals surface area contributed by atoms with Gasteiger partial charge >= 0.3 is 0 Å². The van der Waals surface area contributed by atoms with Crippen LogP contribution in [0.4, 0.5) is 0 Å². The van der Waals surface area contributed by atoms with E-state index in [2.05, 4.69) is 178 Å². The summed E-state index contributed by atoms with van der Waals surface area (Å²) in [6.07, 6.45) is 3.86. The summed E-state index contributed by atoms with van der Waals surface area (Å²) in [5.74, 6) is 0. The largest absolute Gasteiger partial charge is 0.309 e. The normalized spacial score (nSPS) is 11.9. The molecule has 11 rings (SSSR count). The molecular formula is C47H29N3S. The van der Waals surface area contributed by atoms with Crippen LogP contribution in [0.5, 0.6) is 0 Å². The number of hydrogen-bond acceptors (Lipinski definition) is 2. The van der Waals surface area contributed by atoms with E-state index >= 15 is 0 Å². The van der Waals surface area contributed by atoms with E-state index < -0.39 is 0 Å². The zero-order valence-electron chi connectivity index (χ0n) is 27.5. The molecule has 51 heavy (non-hydrogen) atoms. The first kappa shape index (κ1) is 28.4. The summed E-state index contributed by atoms with van der Waals surface area (Å²) in [5, 5.41) is 7.49. The van der Waals surface area contributed by atoms with Gasteiger partial charge in [-0.3, -0.25) is 4.98 Å². The van der Waals surface area contributed by atoms with Gasteiger partial charge in [-0.25, -0.2) is 0 Å².